The van der Waals surface area contributed by atoms with E-state index < -0.39 is 5.82 Å². The molecule has 3 heterocycles. The Balaban J connectivity index is 1.50. The first-order valence-corrected chi connectivity index (χ1v) is 13.3. The van der Waals surface area contributed by atoms with Crippen LogP contribution in [0, 0.1) is 5.82 Å². The van der Waals surface area contributed by atoms with E-state index in [1.807, 2.05) is 30.3 Å². The zero-order chi connectivity index (χ0) is 25.6. The van der Waals surface area contributed by atoms with Crippen LogP contribution in [0.3, 0.4) is 0 Å². The molecule has 0 saturated carbocycles. The van der Waals surface area contributed by atoms with Crippen LogP contribution in [0.5, 0.6) is 0 Å². The van der Waals surface area contributed by atoms with E-state index in [4.69, 9.17) is 9.26 Å². The minimum Gasteiger partial charge on any atom is -0.379 e. The molecule has 7 nitrogen and oxygen atoms in total. The predicted octanol–water partition coefficient (Wildman–Crippen LogP) is 4.83. The van der Waals surface area contributed by atoms with Crippen LogP contribution in [0.15, 0.2) is 59.1 Å². The highest BCUT2D eigenvalue weighted by Gasteiger charge is 2.30. The van der Waals surface area contributed by atoms with E-state index in [1.54, 1.807) is 23.1 Å². The van der Waals surface area contributed by atoms with Crippen LogP contribution in [0.4, 0.5) is 10.3 Å². The van der Waals surface area contributed by atoms with Crippen LogP contribution in [0.2, 0.25) is 0 Å². The number of carbonyl (C=O) groups is 1. The molecular weight excluding hydrogens is 471 g/mol. The Morgan fingerprint density at radius 1 is 1.05 bits per heavy atom. The van der Waals surface area contributed by atoms with Crippen molar-refractivity contribution >= 4 is 11.8 Å². The zero-order valence-electron chi connectivity index (χ0n) is 21.4. The fourth-order valence-corrected chi connectivity index (χ4v) is 5.23. The van der Waals surface area contributed by atoms with Crippen molar-refractivity contribution < 1.29 is 18.4 Å². The lowest BCUT2D eigenvalue weighted by atomic mass is 10.0. The Bertz CT molecular complexity index is 1180. The van der Waals surface area contributed by atoms with Crippen molar-refractivity contribution in [1.82, 2.24) is 15.0 Å². The van der Waals surface area contributed by atoms with Gasteiger partial charge in [0.15, 0.2) is 0 Å². The number of aromatic nitrogens is 1. The molecule has 2 aromatic carbocycles. The first kappa shape index (κ1) is 25.4. The van der Waals surface area contributed by atoms with Gasteiger partial charge in [-0.3, -0.25) is 9.69 Å². The Morgan fingerprint density at radius 2 is 1.81 bits per heavy atom. The first-order chi connectivity index (χ1) is 18.1. The molecule has 0 bridgehead atoms. The molecule has 5 rings (SSSR count). The van der Waals surface area contributed by atoms with Crippen molar-refractivity contribution in [2.45, 2.75) is 38.8 Å². The Hall–Kier alpha value is -3.23. The summed E-state index contributed by atoms with van der Waals surface area (Å²) in [4.78, 5) is 20.0. The second-order valence-electron chi connectivity index (χ2n) is 9.88. The number of anilines is 1. The van der Waals surface area contributed by atoms with Gasteiger partial charge in [-0.15, -0.1) is 0 Å². The molecule has 0 spiro atoms. The third-order valence-corrected chi connectivity index (χ3v) is 7.41. The summed E-state index contributed by atoms with van der Waals surface area (Å²) >= 11 is 0. The van der Waals surface area contributed by atoms with E-state index in [9.17, 15) is 9.18 Å². The lowest BCUT2D eigenvalue weighted by molar-refractivity contribution is 0.0320. The van der Waals surface area contributed by atoms with Gasteiger partial charge in [-0.1, -0.05) is 47.6 Å². The van der Waals surface area contributed by atoms with E-state index in [0.717, 1.165) is 49.3 Å². The first-order valence-electron chi connectivity index (χ1n) is 13.3. The van der Waals surface area contributed by atoms with Gasteiger partial charge in [-0.2, -0.15) is 0 Å². The number of nitrogens with zero attached hydrogens (tertiary/aromatic N) is 4. The standard InChI is InChI=1S/C29H35FN4O3/c1-22-9-7-8-14-34(22)29-25(27(31-37-29)23-10-3-2-4-11-23)21-33(16-15-32-17-19-36-20-18-32)28(35)24-12-5-6-13-26(24)30/h2-6,10-13,22H,7-9,14-21H2,1H3. The molecule has 37 heavy (non-hydrogen) atoms. The molecule has 0 radical (unpaired) electrons. The van der Waals surface area contributed by atoms with Gasteiger partial charge < -0.3 is 19.1 Å². The SMILES string of the molecule is CC1CCCCN1c1onc(-c2ccccc2)c1CN(CCN1CCOCC1)C(=O)c1ccccc1F. The van der Waals surface area contributed by atoms with E-state index in [2.05, 4.69) is 21.9 Å². The Morgan fingerprint density at radius 3 is 2.57 bits per heavy atom. The highest BCUT2D eigenvalue weighted by atomic mass is 19.1. The molecule has 2 fully saturated rings. The number of hydrogen-bond donors (Lipinski definition) is 0. The van der Waals surface area contributed by atoms with Crippen molar-refractivity contribution in [2.75, 3.05) is 50.8 Å². The average molecular weight is 507 g/mol. The van der Waals surface area contributed by atoms with Gasteiger partial charge in [-0.25, -0.2) is 4.39 Å². The fourth-order valence-electron chi connectivity index (χ4n) is 5.23. The summed E-state index contributed by atoms with van der Waals surface area (Å²) in [5.41, 5.74) is 2.61. The third-order valence-electron chi connectivity index (χ3n) is 7.41. The number of halogens is 1. The van der Waals surface area contributed by atoms with Crippen molar-refractivity contribution in [3.63, 3.8) is 0 Å². The van der Waals surface area contributed by atoms with Gasteiger partial charge in [0.2, 0.25) is 5.88 Å². The topological polar surface area (TPSA) is 62.1 Å². The minimum atomic E-state index is -0.512. The van der Waals surface area contributed by atoms with Gasteiger partial charge in [0.1, 0.15) is 11.5 Å². The molecule has 3 aromatic rings. The molecule has 0 N–H and O–H groups in total. The zero-order valence-corrected chi connectivity index (χ0v) is 21.4. The monoisotopic (exact) mass is 506 g/mol. The van der Waals surface area contributed by atoms with Gasteiger partial charge in [0.05, 0.1) is 30.9 Å². The second kappa shape index (κ2) is 11.9. The summed E-state index contributed by atoms with van der Waals surface area (Å²) in [5, 5.41) is 4.49. The number of carbonyl (C=O) groups excluding carboxylic acids is 1. The molecule has 1 amide bonds. The molecule has 0 aliphatic carbocycles. The number of hydrogen-bond acceptors (Lipinski definition) is 6. The van der Waals surface area contributed by atoms with Crippen molar-refractivity contribution in [3.8, 4) is 11.3 Å². The molecule has 1 aromatic heterocycles. The smallest absolute Gasteiger partial charge is 0.257 e. The lowest BCUT2D eigenvalue weighted by Crippen LogP contribution is -2.43. The molecule has 1 atom stereocenters. The molecule has 2 aliphatic rings. The molecule has 2 aliphatic heterocycles. The van der Waals surface area contributed by atoms with Gasteiger partial charge in [0, 0.05) is 44.3 Å². The third kappa shape index (κ3) is 5.86. The maximum Gasteiger partial charge on any atom is 0.257 e. The number of amides is 1. The summed E-state index contributed by atoms with van der Waals surface area (Å²) in [6.45, 7) is 7.52. The summed E-state index contributed by atoms with van der Waals surface area (Å²) < 4.78 is 26.2. The van der Waals surface area contributed by atoms with E-state index in [0.29, 0.717) is 38.2 Å². The maximum absolute atomic E-state index is 14.7. The summed E-state index contributed by atoms with van der Waals surface area (Å²) in [6.07, 6.45) is 3.35. The van der Waals surface area contributed by atoms with Crippen LogP contribution < -0.4 is 4.90 Å². The number of rotatable bonds is 8. The highest BCUT2D eigenvalue weighted by Crippen LogP contribution is 2.35. The molecule has 8 heteroatoms. The number of piperidine rings is 1. The van der Waals surface area contributed by atoms with Crippen LogP contribution in [0.25, 0.3) is 11.3 Å². The summed E-state index contributed by atoms with van der Waals surface area (Å²) in [6, 6.07) is 16.4. The summed E-state index contributed by atoms with van der Waals surface area (Å²) in [5.74, 6) is -0.129. The maximum atomic E-state index is 14.7. The molecule has 196 valence electrons. The normalized spacial score (nSPS) is 18.6. The van der Waals surface area contributed by atoms with Crippen molar-refractivity contribution in [1.29, 1.82) is 0 Å². The van der Waals surface area contributed by atoms with E-state index in [-0.39, 0.29) is 18.0 Å². The van der Waals surface area contributed by atoms with Crippen LogP contribution in [-0.4, -0.2) is 72.8 Å². The average Bonchev–Trinajstić information content (AvgIpc) is 3.35. The Labute approximate surface area is 217 Å². The minimum absolute atomic E-state index is 0.0788. The lowest BCUT2D eigenvalue weighted by Gasteiger charge is -2.34. The van der Waals surface area contributed by atoms with Gasteiger partial charge >= 0.3 is 0 Å². The number of ether oxygens (including phenoxy) is 1. The number of benzene rings is 2. The molecule has 1 unspecified atom stereocenters. The quantitative estimate of drug-likeness (QED) is 0.436. The van der Waals surface area contributed by atoms with Crippen LogP contribution in [0.1, 0.15) is 42.1 Å². The fraction of sp³-hybridized carbons (Fsp3) is 0.448. The van der Waals surface area contributed by atoms with E-state index in [1.165, 1.54) is 12.5 Å². The van der Waals surface area contributed by atoms with Gasteiger partial charge in [0.25, 0.3) is 5.91 Å². The largest absolute Gasteiger partial charge is 0.379 e. The van der Waals surface area contributed by atoms with Crippen molar-refractivity contribution in [2.24, 2.45) is 0 Å². The van der Waals surface area contributed by atoms with Crippen LogP contribution in [-0.2, 0) is 11.3 Å². The van der Waals surface area contributed by atoms with Gasteiger partial charge in [-0.05, 0) is 38.3 Å². The predicted molar refractivity (Wildman–Crippen MR) is 141 cm³/mol. The number of morpholine rings is 1. The highest BCUT2D eigenvalue weighted by molar-refractivity contribution is 5.94. The van der Waals surface area contributed by atoms with E-state index >= 15 is 0 Å². The second-order valence-corrected chi connectivity index (χ2v) is 9.88. The summed E-state index contributed by atoms with van der Waals surface area (Å²) in [7, 11) is 0. The van der Waals surface area contributed by atoms with Crippen molar-refractivity contribution in [3.05, 3.63) is 71.5 Å². The molecule has 2 saturated heterocycles. The van der Waals surface area contributed by atoms with Crippen LogP contribution >= 0.6 is 0 Å². The molecular formula is C29H35FN4O3. The Kier molecular flexibility index (Phi) is 8.16.